The zero-order valence-corrected chi connectivity index (χ0v) is 11.6. The van der Waals surface area contributed by atoms with Gasteiger partial charge in [0.2, 0.25) is 5.91 Å². The van der Waals surface area contributed by atoms with Gasteiger partial charge in [-0.05, 0) is 24.2 Å². The van der Waals surface area contributed by atoms with E-state index in [0.29, 0.717) is 18.9 Å². The molecule has 102 valence electrons. The van der Waals surface area contributed by atoms with Gasteiger partial charge in [0, 0.05) is 25.6 Å². The number of amides is 1. The van der Waals surface area contributed by atoms with Gasteiger partial charge in [0.25, 0.3) is 0 Å². The first-order chi connectivity index (χ1) is 7.77. The van der Waals surface area contributed by atoms with Crippen molar-refractivity contribution in [3.8, 4) is 0 Å². The highest BCUT2D eigenvalue weighted by Gasteiger charge is 2.22. The summed E-state index contributed by atoms with van der Waals surface area (Å²) >= 11 is 0. The van der Waals surface area contributed by atoms with Crippen molar-refractivity contribution in [1.82, 2.24) is 5.32 Å². The Morgan fingerprint density at radius 1 is 1.41 bits per heavy atom. The molecule has 0 aromatic rings. The first-order valence-corrected chi connectivity index (χ1v) is 6.40. The molecule has 0 heterocycles. The number of hydrogen-bond donors (Lipinski definition) is 3. The molecule has 0 spiro atoms. The van der Waals surface area contributed by atoms with Gasteiger partial charge >= 0.3 is 0 Å². The second kappa shape index (κ2) is 7.67. The van der Waals surface area contributed by atoms with Crippen molar-refractivity contribution >= 4 is 5.91 Å². The Morgan fingerprint density at radius 2 is 2.00 bits per heavy atom. The standard InChI is InChI=1S/C13H28N2O2/c1-10(9-16)6-5-7-15-12(17)8-11(14)13(2,3)4/h10-11,16H,5-9,14H2,1-4H3,(H,15,17). The van der Waals surface area contributed by atoms with Crippen molar-refractivity contribution in [2.75, 3.05) is 13.2 Å². The summed E-state index contributed by atoms with van der Waals surface area (Å²) in [5.41, 5.74) is 5.89. The van der Waals surface area contributed by atoms with E-state index in [2.05, 4.69) is 5.32 Å². The van der Waals surface area contributed by atoms with Crippen LogP contribution in [-0.4, -0.2) is 30.2 Å². The van der Waals surface area contributed by atoms with Crippen molar-refractivity contribution in [2.45, 2.75) is 53.0 Å². The van der Waals surface area contributed by atoms with Crippen molar-refractivity contribution < 1.29 is 9.90 Å². The fourth-order valence-electron chi connectivity index (χ4n) is 1.35. The van der Waals surface area contributed by atoms with E-state index < -0.39 is 0 Å². The van der Waals surface area contributed by atoms with Gasteiger partial charge in [0.05, 0.1) is 0 Å². The second-order valence-corrected chi connectivity index (χ2v) is 5.96. The molecule has 4 N–H and O–H groups in total. The summed E-state index contributed by atoms with van der Waals surface area (Å²) in [4.78, 5) is 11.6. The Balaban J connectivity index is 3.67. The number of hydrogen-bond acceptors (Lipinski definition) is 3. The predicted octanol–water partition coefficient (Wildman–Crippen LogP) is 1.27. The number of aliphatic hydroxyl groups excluding tert-OH is 1. The smallest absolute Gasteiger partial charge is 0.221 e. The van der Waals surface area contributed by atoms with E-state index in [1.54, 1.807) is 0 Å². The summed E-state index contributed by atoms with van der Waals surface area (Å²) in [5.74, 6) is 0.327. The van der Waals surface area contributed by atoms with Crippen molar-refractivity contribution in [1.29, 1.82) is 0 Å². The van der Waals surface area contributed by atoms with Crippen molar-refractivity contribution in [3.05, 3.63) is 0 Å². The maximum Gasteiger partial charge on any atom is 0.221 e. The minimum atomic E-state index is -0.112. The summed E-state index contributed by atoms with van der Waals surface area (Å²) in [6, 6.07) is -0.112. The average molecular weight is 244 g/mol. The molecule has 4 heteroatoms. The van der Waals surface area contributed by atoms with Crippen LogP contribution in [0.15, 0.2) is 0 Å². The molecular weight excluding hydrogens is 216 g/mol. The summed E-state index contributed by atoms with van der Waals surface area (Å²) in [5, 5.41) is 11.7. The Bertz CT molecular complexity index is 224. The van der Waals surface area contributed by atoms with Crippen LogP contribution >= 0.6 is 0 Å². The largest absolute Gasteiger partial charge is 0.396 e. The third kappa shape index (κ3) is 8.16. The highest BCUT2D eigenvalue weighted by Crippen LogP contribution is 2.19. The third-order valence-electron chi connectivity index (χ3n) is 3.03. The van der Waals surface area contributed by atoms with E-state index in [1.165, 1.54) is 0 Å². The first kappa shape index (κ1) is 16.4. The van der Waals surface area contributed by atoms with E-state index in [0.717, 1.165) is 12.8 Å². The molecule has 0 aliphatic rings. The second-order valence-electron chi connectivity index (χ2n) is 5.96. The van der Waals surface area contributed by atoms with Gasteiger partial charge in [0.15, 0.2) is 0 Å². The summed E-state index contributed by atoms with van der Waals surface area (Å²) in [7, 11) is 0. The van der Waals surface area contributed by atoms with Crippen LogP contribution in [0.2, 0.25) is 0 Å². The van der Waals surface area contributed by atoms with Crippen LogP contribution in [0.25, 0.3) is 0 Å². The van der Waals surface area contributed by atoms with Gasteiger partial charge in [-0.15, -0.1) is 0 Å². The Labute approximate surface area is 105 Å². The molecule has 0 aliphatic heterocycles. The van der Waals surface area contributed by atoms with E-state index in [-0.39, 0.29) is 24.0 Å². The summed E-state index contributed by atoms with van der Waals surface area (Å²) in [6.45, 7) is 8.98. The molecule has 0 aromatic heterocycles. The lowest BCUT2D eigenvalue weighted by molar-refractivity contribution is -0.121. The molecule has 0 aliphatic carbocycles. The summed E-state index contributed by atoms with van der Waals surface area (Å²) in [6.07, 6.45) is 2.21. The lowest BCUT2D eigenvalue weighted by Crippen LogP contribution is -2.40. The highest BCUT2D eigenvalue weighted by molar-refractivity contribution is 5.76. The number of aliphatic hydroxyl groups is 1. The van der Waals surface area contributed by atoms with Crippen LogP contribution in [0.5, 0.6) is 0 Å². The fourth-order valence-corrected chi connectivity index (χ4v) is 1.35. The van der Waals surface area contributed by atoms with Gasteiger partial charge in [-0.1, -0.05) is 27.7 Å². The molecule has 0 radical (unpaired) electrons. The van der Waals surface area contributed by atoms with Crippen LogP contribution in [0, 0.1) is 11.3 Å². The maximum absolute atomic E-state index is 11.6. The lowest BCUT2D eigenvalue weighted by Gasteiger charge is -2.26. The van der Waals surface area contributed by atoms with Crippen LogP contribution in [0.4, 0.5) is 0 Å². The summed E-state index contributed by atoms with van der Waals surface area (Å²) < 4.78 is 0. The van der Waals surface area contributed by atoms with Gasteiger partial charge in [-0.2, -0.15) is 0 Å². The van der Waals surface area contributed by atoms with Gasteiger partial charge in [0.1, 0.15) is 0 Å². The van der Waals surface area contributed by atoms with Gasteiger partial charge in [-0.3, -0.25) is 4.79 Å². The van der Waals surface area contributed by atoms with Crippen LogP contribution in [-0.2, 0) is 4.79 Å². The predicted molar refractivity (Wildman–Crippen MR) is 70.5 cm³/mol. The molecule has 0 saturated carbocycles. The van der Waals surface area contributed by atoms with Crippen molar-refractivity contribution in [3.63, 3.8) is 0 Å². The molecular formula is C13H28N2O2. The Morgan fingerprint density at radius 3 is 2.47 bits per heavy atom. The number of nitrogens with two attached hydrogens (primary N) is 1. The maximum atomic E-state index is 11.6. The number of nitrogens with one attached hydrogen (secondary N) is 1. The van der Waals surface area contributed by atoms with Crippen LogP contribution in [0.1, 0.15) is 47.0 Å². The minimum absolute atomic E-state index is 0.0177. The number of carbonyl (C=O) groups excluding carboxylic acids is 1. The molecule has 2 unspecified atom stereocenters. The van der Waals surface area contributed by atoms with Gasteiger partial charge < -0.3 is 16.2 Å². The van der Waals surface area contributed by atoms with E-state index in [9.17, 15) is 4.79 Å². The molecule has 0 fully saturated rings. The van der Waals surface area contributed by atoms with E-state index in [1.807, 2.05) is 27.7 Å². The van der Waals surface area contributed by atoms with Gasteiger partial charge in [-0.25, -0.2) is 0 Å². The molecule has 4 nitrogen and oxygen atoms in total. The Kier molecular flexibility index (Phi) is 7.39. The monoisotopic (exact) mass is 244 g/mol. The number of rotatable bonds is 7. The van der Waals surface area contributed by atoms with Crippen LogP contribution < -0.4 is 11.1 Å². The SMILES string of the molecule is CC(CO)CCCNC(=O)CC(N)C(C)(C)C. The number of carbonyl (C=O) groups is 1. The zero-order chi connectivity index (χ0) is 13.5. The molecule has 0 bridgehead atoms. The first-order valence-electron chi connectivity index (χ1n) is 6.40. The van der Waals surface area contributed by atoms with E-state index in [4.69, 9.17) is 10.8 Å². The molecule has 0 aromatic carbocycles. The molecule has 1 amide bonds. The quantitative estimate of drug-likeness (QED) is 0.590. The molecule has 0 rings (SSSR count). The van der Waals surface area contributed by atoms with Crippen molar-refractivity contribution in [2.24, 2.45) is 17.1 Å². The zero-order valence-electron chi connectivity index (χ0n) is 11.6. The van der Waals surface area contributed by atoms with Crippen LogP contribution in [0.3, 0.4) is 0 Å². The minimum Gasteiger partial charge on any atom is -0.396 e. The normalized spacial score (nSPS) is 15.4. The fraction of sp³-hybridized carbons (Fsp3) is 0.923. The molecule has 17 heavy (non-hydrogen) atoms. The molecule has 0 saturated heterocycles. The molecule has 2 atom stereocenters. The topological polar surface area (TPSA) is 75.3 Å². The average Bonchev–Trinajstić information content (AvgIpc) is 2.22. The third-order valence-corrected chi connectivity index (χ3v) is 3.03. The highest BCUT2D eigenvalue weighted by atomic mass is 16.3. The Hall–Kier alpha value is -0.610. The van der Waals surface area contributed by atoms with E-state index >= 15 is 0 Å². The lowest BCUT2D eigenvalue weighted by atomic mass is 9.85.